The minimum Gasteiger partial charge on any atom is -0.494 e. The number of carbonyl (C=O) groups excluding carboxylic acids is 4. The van der Waals surface area contributed by atoms with Crippen LogP contribution < -0.4 is 15.4 Å². The molecule has 1 atom stereocenters. The van der Waals surface area contributed by atoms with Crippen LogP contribution in [0.1, 0.15) is 68.3 Å². The molecule has 0 radical (unpaired) electrons. The molecule has 0 aliphatic carbocycles. The molecule has 1 aromatic rings. The predicted molar refractivity (Wildman–Crippen MR) is 127 cm³/mol. The fourth-order valence-electron chi connectivity index (χ4n) is 4.35. The molecule has 3 rings (SSSR count). The molecule has 9 nitrogen and oxygen atoms in total. The lowest BCUT2D eigenvalue weighted by atomic mass is 10.0. The van der Waals surface area contributed by atoms with E-state index in [0.29, 0.717) is 44.0 Å². The van der Waals surface area contributed by atoms with E-state index in [9.17, 15) is 19.2 Å². The molecule has 2 N–H and O–H groups in total. The number of nitrogens with one attached hydrogen (secondary N) is 2. The van der Waals surface area contributed by atoms with Crippen molar-refractivity contribution >= 4 is 23.6 Å². The van der Waals surface area contributed by atoms with Crippen LogP contribution in [0.4, 0.5) is 0 Å². The minimum absolute atomic E-state index is 0.0818. The average molecular weight is 473 g/mol. The van der Waals surface area contributed by atoms with E-state index in [1.54, 1.807) is 12.1 Å². The molecule has 4 amide bonds. The Bertz CT molecular complexity index is 899. The molecule has 1 saturated heterocycles. The first-order valence-corrected chi connectivity index (χ1v) is 12.3. The molecule has 2 heterocycles. The van der Waals surface area contributed by atoms with Crippen LogP contribution in [-0.2, 0) is 20.9 Å². The van der Waals surface area contributed by atoms with Crippen molar-refractivity contribution in [2.24, 2.45) is 0 Å². The maximum absolute atomic E-state index is 12.7. The first-order chi connectivity index (χ1) is 16.4. The van der Waals surface area contributed by atoms with E-state index >= 15 is 0 Å². The van der Waals surface area contributed by atoms with Crippen LogP contribution in [0.2, 0.25) is 0 Å². The van der Waals surface area contributed by atoms with E-state index in [-0.39, 0.29) is 24.1 Å². The molecule has 1 aromatic carbocycles. The van der Waals surface area contributed by atoms with E-state index < -0.39 is 11.9 Å². The Morgan fingerprint density at radius 1 is 1.15 bits per heavy atom. The number of piperidine rings is 1. The van der Waals surface area contributed by atoms with Gasteiger partial charge in [0.15, 0.2) is 0 Å². The molecule has 0 saturated carbocycles. The van der Waals surface area contributed by atoms with Crippen molar-refractivity contribution < 1.29 is 23.9 Å². The van der Waals surface area contributed by atoms with Crippen molar-refractivity contribution in [2.45, 2.75) is 65.0 Å². The summed E-state index contributed by atoms with van der Waals surface area (Å²) >= 11 is 0. The summed E-state index contributed by atoms with van der Waals surface area (Å²) in [5.41, 5.74) is 1.42. The van der Waals surface area contributed by atoms with Gasteiger partial charge in [0.1, 0.15) is 11.8 Å². The van der Waals surface area contributed by atoms with Crippen LogP contribution in [0.25, 0.3) is 0 Å². The third-order valence-corrected chi connectivity index (χ3v) is 6.42. The highest BCUT2D eigenvalue weighted by Gasteiger charge is 2.39. The highest BCUT2D eigenvalue weighted by Crippen LogP contribution is 2.30. The van der Waals surface area contributed by atoms with Gasteiger partial charge in [0.25, 0.3) is 5.91 Å². The number of imide groups is 1. The second-order valence-corrected chi connectivity index (χ2v) is 8.79. The van der Waals surface area contributed by atoms with Gasteiger partial charge in [-0.3, -0.25) is 29.4 Å². The Balaban J connectivity index is 1.33. The number of ether oxygens (including phenoxy) is 1. The molecule has 186 valence electrons. The first-order valence-electron chi connectivity index (χ1n) is 12.3. The number of fused-ring (bicyclic) bond motifs is 1. The van der Waals surface area contributed by atoms with Gasteiger partial charge in [-0.05, 0) is 56.1 Å². The van der Waals surface area contributed by atoms with Gasteiger partial charge in [0.05, 0.1) is 13.2 Å². The number of hydrogen-bond acceptors (Lipinski definition) is 6. The smallest absolute Gasteiger partial charge is 0.255 e. The van der Waals surface area contributed by atoms with Crippen LogP contribution in [0.15, 0.2) is 18.2 Å². The highest BCUT2D eigenvalue weighted by molar-refractivity contribution is 6.05. The van der Waals surface area contributed by atoms with Crippen LogP contribution in [-0.4, -0.2) is 72.3 Å². The molecule has 34 heavy (non-hydrogen) atoms. The summed E-state index contributed by atoms with van der Waals surface area (Å²) in [5, 5.41) is 5.29. The molecule has 2 aliphatic heterocycles. The standard InChI is InChI=1S/C25H36N4O5/c1-3-28(4-2)17-23(31)26-13-7-5-6-8-14-34-19-9-10-20-18(15-19)16-29(25(20)33)21-11-12-22(30)27-24(21)32/h9-10,15,21H,3-8,11-14,16-17H2,1-2H3,(H,26,31)(H,27,30,32). The van der Waals surface area contributed by atoms with Crippen LogP contribution >= 0.6 is 0 Å². The second kappa shape index (κ2) is 12.5. The topological polar surface area (TPSA) is 108 Å². The van der Waals surface area contributed by atoms with Crippen LogP contribution in [0.5, 0.6) is 5.75 Å². The summed E-state index contributed by atoms with van der Waals surface area (Å²) in [6.45, 7) is 7.94. The number of unbranched alkanes of at least 4 members (excludes halogenated alkanes) is 3. The molecule has 1 unspecified atom stereocenters. The summed E-state index contributed by atoms with van der Waals surface area (Å²) in [7, 11) is 0. The molecule has 1 fully saturated rings. The maximum atomic E-state index is 12.7. The number of rotatable bonds is 13. The third-order valence-electron chi connectivity index (χ3n) is 6.42. The lowest BCUT2D eigenvalue weighted by Gasteiger charge is -2.29. The Kier molecular flexibility index (Phi) is 9.44. The van der Waals surface area contributed by atoms with Gasteiger partial charge < -0.3 is 15.0 Å². The van der Waals surface area contributed by atoms with Crippen molar-refractivity contribution in [1.82, 2.24) is 20.4 Å². The van der Waals surface area contributed by atoms with E-state index in [0.717, 1.165) is 44.3 Å². The summed E-state index contributed by atoms with van der Waals surface area (Å²) < 4.78 is 5.87. The zero-order chi connectivity index (χ0) is 24.5. The van der Waals surface area contributed by atoms with Gasteiger partial charge in [-0.15, -0.1) is 0 Å². The second-order valence-electron chi connectivity index (χ2n) is 8.79. The van der Waals surface area contributed by atoms with Gasteiger partial charge in [-0.1, -0.05) is 26.7 Å². The van der Waals surface area contributed by atoms with Gasteiger partial charge in [-0.2, -0.15) is 0 Å². The van der Waals surface area contributed by atoms with Gasteiger partial charge >= 0.3 is 0 Å². The summed E-state index contributed by atoms with van der Waals surface area (Å²) in [5.74, 6) is -0.0858. The van der Waals surface area contributed by atoms with Crippen molar-refractivity contribution in [3.8, 4) is 5.75 Å². The molecule has 2 aliphatic rings. The van der Waals surface area contributed by atoms with Gasteiger partial charge in [0, 0.05) is 25.1 Å². The fourth-order valence-corrected chi connectivity index (χ4v) is 4.35. The predicted octanol–water partition coefficient (Wildman–Crippen LogP) is 1.84. The van der Waals surface area contributed by atoms with Crippen molar-refractivity contribution in [3.05, 3.63) is 29.3 Å². The van der Waals surface area contributed by atoms with Gasteiger partial charge in [-0.25, -0.2) is 0 Å². The SMILES string of the molecule is CCN(CC)CC(=O)NCCCCCCOc1ccc2c(c1)CN(C1CCC(=O)NC1=O)C2=O. The van der Waals surface area contributed by atoms with Gasteiger partial charge in [0.2, 0.25) is 17.7 Å². The van der Waals surface area contributed by atoms with E-state index in [2.05, 4.69) is 29.4 Å². The van der Waals surface area contributed by atoms with E-state index in [4.69, 9.17) is 4.74 Å². The number of hydrogen-bond donors (Lipinski definition) is 2. The molecule has 0 bridgehead atoms. The largest absolute Gasteiger partial charge is 0.494 e. The quantitative estimate of drug-likeness (QED) is 0.335. The normalized spacial score (nSPS) is 17.7. The van der Waals surface area contributed by atoms with E-state index in [1.807, 2.05) is 6.07 Å². The zero-order valence-electron chi connectivity index (χ0n) is 20.2. The maximum Gasteiger partial charge on any atom is 0.255 e. The fraction of sp³-hybridized carbons (Fsp3) is 0.600. The van der Waals surface area contributed by atoms with E-state index in [1.165, 1.54) is 4.90 Å². The lowest BCUT2D eigenvalue weighted by molar-refractivity contribution is -0.137. The van der Waals surface area contributed by atoms with Crippen molar-refractivity contribution in [3.63, 3.8) is 0 Å². The Labute approximate surface area is 201 Å². The number of nitrogens with zero attached hydrogens (tertiary/aromatic N) is 2. The number of benzene rings is 1. The van der Waals surface area contributed by atoms with Crippen molar-refractivity contribution in [1.29, 1.82) is 0 Å². The number of carbonyl (C=O) groups is 4. The summed E-state index contributed by atoms with van der Waals surface area (Å²) in [6, 6.07) is 4.80. The number of amides is 4. The zero-order valence-corrected chi connectivity index (χ0v) is 20.2. The van der Waals surface area contributed by atoms with Crippen molar-refractivity contribution in [2.75, 3.05) is 32.8 Å². The highest BCUT2D eigenvalue weighted by atomic mass is 16.5. The average Bonchev–Trinajstić information content (AvgIpc) is 3.14. The Hall–Kier alpha value is -2.94. The van der Waals surface area contributed by atoms with Crippen LogP contribution in [0.3, 0.4) is 0 Å². The first kappa shape index (κ1) is 25.7. The summed E-state index contributed by atoms with van der Waals surface area (Å²) in [6.07, 6.45) is 4.49. The molecule has 0 spiro atoms. The molecule has 0 aromatic heterocycles. The number of likely N-dealkylation sites (N-methyl/N-ethyl adjacent to an activating group) is 1. The third kappa shape index (κ3) is 6.79. The molecule has 9 heteroatoms. The monoisotopic (exact) mass is 472 g/mol. The lowest BCUT2D eigenvalue weighted by Crippen LogP contribution is -2.52. The molecular weight excluding hydrogens is 436 g/mol. The molecular formula is C25H36N4O5. The van der Waals surface area contributed by atoms with Crippen LogP contribution in [0, 0.1) is 0 Å². The minimum atomic E-state index is -0.607. The summed E-state index contributed by atoms with van der Waals surface area (Å²) in [4.78, 5) is 51.8. The Morgan fingerprint density at radius 2 is 1.91 bits per heavy atom. The Morgan fingerprint density at radius 3 is 2.65 bits per heavy atom.